The largest absolute Gasteiger partial charge is 0.369 e. The van der Waals surface area contributed by atoms with Gasteiger partial charge in [-0.05, 0) is 37.3 Å². The molecule has 1 amide bonds. The van der Waals surface area contributed by atoms with Gasteiger partial charge in [-0.2, -0.15) is 4.98 Å². The van der Waals surface area contributed by atoms with E-state index in [0.29, 0.717) is 12.3 Å². The molecule has 1 N–H and O–H groups in total. The highest BCUT2D eigenvalue weighted by molar-refractivity contribution is 5.90. The zero-order chi connectivity index (χ0) is 19.5. The van der Waals surface area contributed by atoms with Gasteiger partial charge in [0.2, 0.25) is 5.82 Å². The number of aromatic nitrogens is 4. The molecule has 1 saturated heterocycles. The van der Waals surface area contributed by atoms with Crippen molar-refractivity contribution in [3.63, 3.8) is 0 Å². The topological polar surface area (TPSA) is 78.7 Å². The van der Waals surface area contributed by atoms with Crippen molar-refractivity contribution in [1.82, 2.24) is 29.8 Å². The molecule has 3 heterocycles. The normalized spacial score (nSPS) is 15.1. The number of aryl methyl sites for hydroxylation is 1. The first-order valence-corrected chi connectivity index (χ1v) is 9.29. The molecule has 4 rings (SSSR count). The Morgan fingerprint density at radius 2 is 1.89 bits per heavy atom. The van der Waals surface area contributed by atoms with Gasteiger partial charge in [0.15, 0.2) is 0 Å². The van der Waals surface area contributed by atoms with Crippen molar-refractivity contribution in [2.45, 2.75) is 6.92 Å². The van der Waals surface area contributed by atoms with Crippen LogP contribution in [-0.2, 0) is 0 Å². The third-order valence-corrected chi connectivity index (χ3v) is 4.91. The highest BCUT2D eigenvalue weighted by Gasteiger charge is 2.18. The van der Waals surface area contributed by atoms with Crippen LogP contribution >= 0.6 is 0 Å². The second kappa shape index (κ2) is 7.89. The van der Waals surface area contributed by atoms with E-state index in [0.717, 1.165) is 44.1 Å². The lowest BCUT2D eigenvalue weighted by molar-refractivity contribution is 0.0937. The first-order chi connectivity index (χ1) is 13.6. The highest BCUT2D eigenvalue weighted by Crippen LogP contribution is 2.16. The van der Waals surface area contributed by atoms with E-state index in [1.807, 2.05) is 25.1 Å². The predicted molar refractivity (Wildman–Crippen MR) is 103 cm³/mol. The SMILES string of the molecule is Cc1ccnc2nc(C(=O)NCCN3CCN(c4ccc(F)cc4)CC3)nn12. The van der Waals surface area contributed by atoms with Gasteiger partial charge in [-0.15, -0.1) is 5.10 Å². The number of rotatable bonds is 5. The maximum Gasteiger partial charge on any atom is 0.291 e. The number of halogens is 1. The molecule has 0 unspecified atom stereocenters. The quantitative estimate of drug-likeness (QED) is 0.712. The number of piperazine rings is 1. The number of carbonyl (C=O) groups excluding carboxylic acids is 1. The molecule has 0 bridgehead atoms. The smallest absolute Gasteiger partial charge is 0.291 e. The summed E-state index contributed by atoms with van der Waals surface area (Å²) in [5.41, 5.74) is 1.91. The van der Waals surface area contributed by atoms with Crippen LogP contribution < -0.4 is 10.2 Å². The standard InChI is InChI=1S/C19H22FN7O/c1-14-6-7-22-19-23-17(24-27(14)19)18(28)21-8-9-25-10-12-26(13-11-25)16-4-2-15(20)3-5-16/h2-7H,8-13H2,1H3,(H,21,28). The van der Waals surface area contributed by atoms with Crippen LogP contribution in [0.25, 0.3) is 5.78 Å². The second-order valence-electron chi connectivity index (χ2n) is 6.79. The van der Waals surface area contributed by atoms with Crippen molar-refractivity contribution in [3.8, 4) is 0 Å². The second-order valence-corrected chi connectivity index (χ2v) is 6.79. The molecule has 9 heteroatoms. The minimum Gasteiger partial charge on any atom is -0.369 e. The number of nitrogens with zero attached hydrogens (tertiary/aromatic N) is 6. The summed E-state index contributed by atoms with van der Waals surface area (Å²) < 4.78 is 14.6. The van der Waals surface area contributed by atoms with E-state index in [2.05, 4.69) is 30.2 Å². The molecule has 3 aromatic rings. The first kappa shape index (κ1) is 18.3. The molecule has 0 radical (unpaired) electrons. The summed E-state index contributed by atoms with van der Waals surface area (Å²) in [6.45, 7) is 6.70. The molecule has 0 saturated carbocycles. The molecule has 1 aliphatic heterocycles. The van der Waals surface area contributed by atoms with Crippen LogP contribution in [0.4, 0.5) is 10.1 Å². The Labute approximate surface area is 162 Å². The van der Waals surface area contributed by atoms with Crippen LogP contribution in [0, 0.1) is 12.7 Å². The van der Waals surface area contributed by atoms with Gasteiger partial charge < -0.3 is 10.2 Å². The minimum atomic E-state index is -0.296. The van der Waals surface area contributed by atoms with Gasteiger partial charge in [-0.3, -0.25) is 9.69 Å². The average Bonchev–Trinajstić information content (AvgIpc) is 3.15. The zero-order valence-corrected chi connectivity index (χ0v) is 15.7. The van der Waals surface area contributed by atoms with Gasteiger partial charge in [0, 0.05) is 56.8 Å². The van der Waals surface area contributed by atoms with Crippen molar-refractivity contribution >= 4 is 17.4 Å². The summed E-state index contributed by atoms with van der Waals surface area (Å²) in [4.78, 5) is 25.1. The number of hydrogen-bond acceptors (Lipinski definition) is 6. The molecular formula is C19H22FN7O. The summed E-state index contributed by atoms with van der Waals surface area (Å²) in [6.07, 6.45) is 1.65. The van der Waals surface area contributed by atoms with Gasteiger partial charge in [0.05, 0.1) is 0 Å². The molecule has 0 spiro atoms. The Kier molecular flexibility index (Phi) is 5.16. The van der Waals surface area contributed by atoms with Crippen molar-refractivity contribution in [2.24, 2.45) is 0 Å². The van der Waals surface area contributed by atoms with E-state index in [1.54, 1.807) is 10.7 Å². The zero-order valence-electron chi connectivity index (χ0n) is 15.7. The Morgan fingerprint density at radius 1 is 1.14 bits per heavy atom. The van der Waals surface area contributed by atoms with Gasteiger partial charge in [0.25, 0.3) is 11.7 Å². The molecule has 8 nitrogen and oxygen atoms in total. The minimum absolute atomic E-state index is 0.128. The Hall–Kier alpha value is -3.07. The van der Waals surface area contributed by atoms with Crippen molar-refractivity contribution in [3.05, 3.63) is 53.9 Å². The molecule has 28 heavy (non-hydrogen) atoms. The molecule has 1 aliphatic rings. The van der Waals surface area contributed by atoms with Crippen molar-refractivity contribution < 1.29 is 9.18 Å². The van der Waals surface area contributed by atoms with Crippen LogP contribution in [0.2, 0.25) is 0 Å². The van der Waals surface area contributed by atoms with E-state index >= 15 is 0 Å². The van der Waals surface area contributed by atoms with Crippen LogP contribution in [0.15, 0.2) is 36.5 Å². The van der Waals surface area contributed by atoms with Gasteiger partial charge in [0.1, 0.15) is 5.82 Å². The Bertz CT molecular complexity index is 964. The molecule has 2 aromatic heterocycles. The van der Waals surface area contributed by atoms with Gasteiger partial charge in [-0.1, -0.05) is 0 Å². The first-order valence-electron chi connectivity index (χ1n) is 9.29. The Balaban J connectivity index is 1.24. The van der Waals surface area contributed by atoms with Crippen LogP contribution in [0.5, 0.6) is 0 Å². The van der Waals surface area contributed by atoms with Crippen molar-refractivity contribution in [1.29, 1.82) is 0 Å². The van der Waals surface area contributed by atoms with E-state index < -0.39 is 0 Å². The molecule has 0 atom stereocenters. The average molecular weight is 383 g/mol. The lowest BCUT2D eigenvalue weighted by Crippen LogP contribution is -2.48. The number of nitrogens with one attached hydrogen (secondary N) is 1. The fourth-order valence-electron chi connectivity index (χ4n) is 3.29. The third kappa shape index (κ3) is 3.94. The number of anilines is 1. The third-order valence-electron chi connectivity index (χ3n) is 4.91. The number of hydrogen-bond donors (Lipinski definition) is 1. The molecule has 146 valence electrons. The molecular weight excluding hydrogens is 361 g/mol. The monoisotopic (exact) mass is 383 g/mol. The van der Waals surface area contributed by atoms with Gasteiger partial charge in [-0.25, -0.2) is 13.9 Å². The number of carbonyl (C=O) groups is 1. The summed E-state index contributed by atoms with van der Waals surface area (Å²) in [7, 11) is 0. The van der Waals surface area contributed by atoms with Crippen LogP contribution in [0.1, 0.15) is 16.3 Å². The van der Waals surface area contributed by atoms with E-state index in [4.69, 9.17) is 0 Å². The van der Waals surface area contributed by atoms with E-state index in [-0.39, 0.29) is 17.5 Å². The summed E-state index contributed by atoms with van der Waals surface area (Å²) >= 11 is 0. The summed E-state index contributed by atoms with van der Waals surface area (Å²) in [6, 6.07) is 8.41. The molecule has 1 fully saturated rings. The van der Waals surface area contributed by atoms with E-state index in [1.165, 1.54) is 12.1 Å². The van der Waals surface area contributed by atoms with Gasteiger partial charge >= 0.3 is 0 Å². The van der Waals surface area contributed by atoms with Crippen molar-refractivity contribution in [2.75, 3.05) is 44.2 Å². The fourth-order valence-corrected chi connectivity index (χ4v) is 3.29. The number of benzene rings is 1. The Morgan fingerprint density at radius 3 is 2.61 bits per heavy atom. The lowest BCUT2D eigenvalue weighted by atomic mass is 10.2. The predicted octanol–water partition coefficient (Wildman–Crippen LogP) is 1.12. The maximum atomic E-state index is 13.0. The highest BCUT2D eigenvalue weighted by atomic mass is 19.1. The molecule has 1 aromatic carbocycles. The fraction of sp³-hybridized carbons (Fsp3) is 0.368. The number of amides is 1. The number of fused-ring (bicyclic) bond motifs is 1. The van der Waals surface area contributed by atoms with Crippen LogP contribution in [0.3, 0.4) is 0 Å². The molecule has 0 aliphatic carbocycles. The van der Waals surface area contributed by atoms with Crippen LogP contribution in [-0.4, -0.2) is 69.7 Å². The summed E-state index contributed by atoms with van der Waals surface area (Å²) in [5, 5.41) is 7.09. The summed E-state index contributed by atoms with van der Waals surface area (Å²) in [5.74, 6) is 0.0315. The van der Waals surface area contributed by atoms with E-state index in [9.17, 15) is 9.18 Å². The maximum absolute atomic E-state index is 13.0. The lowest BCUT2D eigenvalue weighted by Gasteiger charge is -2.36.